The third-order valence-corrected chi connectivity index (χ3v) is 6.74. The van der Waals surface area contributed by atoms with E-state index in [4.69, 9.17) is 4.74 Å². The molecule has 0 amide bonds. The van der Waals surface area contributed by atoms with E-state index < -0.39 is 10.0 Å². The molecule has 0 aliphatic carbocycles. The molecule has 0 spiro atoms. The van der Waals surface area contributed by atoms with Crippen molar-refractivity contribution in [2.75, 3.05) is 18.5 Å². The van der Waals surface area contributed by atoms with Gasteiger partial charge in [-0.05, 0) is 62.7 Å². The van der Waals surface area contributed by atoms with Crippen molar-refractivity contribution in [1.29, 1.82) is 0 Å². The number of carbonyl (C=O) groups excluding carboxylic acids is 1. The summed E-state index contributed by atoms with van der Waals surface area (Å²) in [7, 11) is -0.997. The fourth-order valence-corrected chi connectivity index (χ4v) is 4.51. The molecule has 8 heteroatoms. The maximum atomic E-state index is 13.4. The molecule has 0 fully saturated rings. The number of hydrogen-bond acceptors (Lipinski definition) is 5. The fourth-order valence-electron chi connectivity index (χ4n) is 3.27. The average molecular weight is 454 g/mol. The summed E-state index contributed by atoms with van der Waals surface area (Å²) in [5.41, 5.74) is 1.86. The molecule has 32 heavy (non-hydrogen) atoms. The van der Waals surface area contributed by atoms with Crippen molar-refractivity contribution in [2.24, 2.45) is 4.99 Å². The summed E-state index contributed by atoms with van der Waals surface area (Å²) < 4.78 is 34.6. The first kappa shape index (κ1) is 23.3. The number of para-hydroxylation sites is 2. The molecule has 1 heterocycles. The second kappa shape index (κ2) is 9.40. The molecule has 0 aliphatic heterocycles. The second-order valence-corrected chi connectivity index (χ2v) is 9.55. The van der Waals surface area contributed by atoms with E-state index in [1.165, 1.54) is 30.9 Å². The van der Waals surface area contributed by atoms with Crippen LogP contribution in [0.4, 0.5) is 5.69 Å². The molecule has 0 saturated heterocycles. The standard InChI is InChI=1S/C24H27N3O4S/c1-17(2)25-23-12-8-9-15-27(23)24(28)20-16-19(14-13-18(20)3)32(29,30)26(4)21-10-6-7-11-22(21)31-5/h6-17H,1-5H3. The van der Waals surface area contributed by atoms with Gasteiger partial charge in [0.1, 0.15) is 11.2 Å². The number of nitrogens with zero attached hydrogens (tertiary/aromatic N) is 3. The molecule has 0 saturated carbocycles. The Labute approximate surface area is 188 Å². The van der Waals surface area contributed by atoms with Crippen LogP contribution in [-0.4, -0.2) is 39.1 Å². The third kappa shape index (κ3) is 4.60. The van der Waals surface area contributed by atoms with Gasteiger partial charge in [-0.1, -0.05) is 24.3 Å². The van der Waals surface area contributed by atoms with Crippen molar-refractivity contribution < 1.29 is 17.9 Å². The largest absolute Gasteiger partial charge is 0.495 e. The Morgan fingerprint density at radius 2 is 1.75 bits per heavy atom. The maximum Gasteiger partial charge on any atom is 0.264 e. The monoisotopic (exact) mass is 453 g/mol. The Kier molecular flexibility index (Phi) is 6.84. The van der Waals surface area contributed by atoms with Gasteiger partial charge < -0.3 is 4.74 Å². The number of anilines is 1. The van der Waals surface area contributed by atoms with Crippen LogP contribution in [0.3, 0.4) is 0 Å². The van der Waals surface area contributed by atoms with Crippen molar-refractivity contribution in [3.8, 4) is 5.75 Å². The van der Waals surface area contributed by atoms with Gasteiger partial charge in [0.2, 0.25) is 0 Å². The van der Waals surface area contributed by atoms with Crippen molar-refractivity contribution in [1.82, 2.24) is 4.57 Å². The van der Waals surface area contributed by atoms with Crippen LogP contribution in [0.1, 0.15) is 29.8 Å². The first-order valence-corrected chi connectivity index (χ1v) is 11.6. The minimum Gasteiger partial charge on any atom is -0.495 e. The summed E-state index contributed by atoms with van der Waals surface area (Å²) in [5.74, 6) is 0.0845. The predicted molar refractivity (Wildman–Crippen MR) is 125 cm³/mol. The highest BCUT2D eigenvalue weighted by molar-refractivity contribution is 7.92. The Hall–Kier alpha value is -3.39. The van der Waals surface area contributed by atoms with E-state index in [-0.39, 0.29) is 22.4 Å². The van der Waals surface area contributed by atoms with Gasteiger partial charge in [0.05, 0.1) is 17.7 Å². The topological polar surface area (TPSA) is 81.0 Å². The third-order valence-electron chi connectivity index (χ3n) is 4.97. The van der Waals surface area contributed by atoms with Crippen molar-refractivity contribution in [3.63, 3.8) is 0 Å². The minimum absolute atomic E-state index is 0.00115. The number of benzene rings is 2. The maximum absolute atomic E-state index is 13.4. The number of ether oxygens (including phenoxy) is 1. The van der Waals surface area contributed by atoms with Gasteiger partial charge in [-0.15, -0.1) is 0 Å². The van der Waals surface area contributed by atoms with Crippen LogP contribution in [0.2, 0.25) is 0 Å². The highest BCUT2D eigenvalue weighted by atomic mass is 32.2. The molecule has 3 aromatic rings. The van der Waals surface area contributed by atoms with Crippen LogP contribution < -0.4 is 14.5 Å². The summed E-state index contributed by atoms with van der Waals surface area (Å²) in [4.78, 5) is 17.9. The van der Waals surface area contributed by atoms with E-state index in [2.05, 4.69) is 4.99 Å². The van der Waals surface area contributed by atoms with Gasteiger partial charge >= 0.3 is 0 Å². The Morgan fingerprint density at radius 3 is 2.44 bits per heavy atom. The molecule has 0 atom stereocenters. The summed E-state index contributed by atoms with van der Waals surface area (Å²) >= 11 is 0. The lowest BCUT2D eigenvalue weighted by Gasteiger charge is -2.22. The van der Waals surface area contributed by atoms with Crippen LogP contribution in [0.5, 0.6) is 5.75 Å². The quantitative estimate of drug-likeness (QED) is 0.571. The number of sulfonamides is 1. The van der Waals surface area contributed by atoms with Gasteiger partial charge in [0.25, 0.3) is 15.9 Å². The number of aromatic nitrogens is 1. The molecule has 7 nitrogen and oxygen atoms in total. The van der Waals surface area contributed by atoms with Crippen LogP contribution in [-0.2, 0) is 10.0 Å². The first-order valence-electron chi connectivity index (χ1n) is 10.2. The number of hydrogen-bond donors (Lipinski definition) is 0. The normalized spacial score (nSPS) is 12.1. The van der Waals surface area contributed by atoms with Crippen LogP contribution in [0.15, 0.2) is 76.7 Å². The van der Waals surface area contributed by atoms with E-state index in [9.17, 15) is 13.2 Å². The summed E-state index contributed by atoms with van der Waals surface area (Å²) in [6, 6.07) is 16.7. The molecule has 0 aliphatic rings. The van der Waals surface area contributed by atoms with Crippen molar-refractivity contribution in [2.45, 2.75) is 31.7 Å². The van der Waals surface area contributed by atoms with Crippen molar-refractivity contribution >= 4 is 21.6 Å². The van der Waals surface area contributed by atoms with Gasteiger partial charge in [0.15, 0.2) is 0 Å². The molecule has 0 unspecified atom stereocenters. The molecule has 3 rings (SSSR count). The Morgan fingerprint density at radius 1 is 1.06 bits per heavy atom. The van der Waals surface area contributed by atoms with Crippen LogP contribution in [0, 0.1) is 6.92 Å². The fraction of sp³-hybridized carbons (Fsp3) is 0.250. The zero-order valence-corrected chi connectivity index (χ0v) is 19.6. The zero-order valence-electron chi connectivity index (χ0n) is 18.8. The van der Waals surface area contributed by atoms with E-state index in [0.29, 0.717) is 22.5 Å². The first-order chi connectivity index (χ1) is 15.2. The Bertz CT molecular complexity index is 1310. The molecule has 2 aromatic carbocycles. The summed E-state index contributed by atoms with van der Waals surface area (Å²) in [6.07, 6.45) is 1.63. The molecule has 168 valence electrons. The van der Waals surface area contributed by atoms with E-state index >= 15 is 0 Å². The lowest BCUT2D eigenvalue weighted by molar-refractivity contribution is 0.0953. The zero-order chi connectivity index (χ0) is 23.5. The molecule has 0 bridgehead atoms. The second-order valence-electron chi connectivity index (χ2n) is 7.58. The van der Waals surface area contributed by atoms with Crippen LogP contribution in [0.25, 0.3) is 0 Å². The summed E-state index contributed by atoms with van der Waals surface area (Å²) in [5, 5.41) is 0. The van der Waals surface area contributed by atoms with E-state index in [1.54, 1.807) is 61.7 Å². The van der Waals surface area contributed by atoms with Gasteiger partial charge in [-0.3, -0.25) is 18.7 Å². The molecule has 1 aromatic heterocycles. The highest BCUT2D eigenvalue weighted by Crippen LogP contribution is 2.31. The number of rotatable bonds is 6. The van der Waals surface area contributed by atoms with Crippen molar-refractivity contribution in [3.05, 3.63) is 83.5 Å². The molecular weight excluding hydrogens is 426 g/mol. The predicted octanol–water partition coefficient (Wildman–Crippen LogP) is 3.63. The van der Waals surface area contributed by atoms with Crippen LogP contribution >= 0.6 is 0 Å². The lowest BCUT2D eigenvalue weighted by atomic mass is 10.1. The molecule has 0 N–H and O–H groups in total. The number of methoxy groups -OCH3 is 1. The highest BCUT2D eigenvalue weighted by Gasteiger charge is 2.25. The number of carbonyl (C=O) groups is 1. The van der Waals surface area contributed by atoms with Gasteiger partial charge in [-0.2, -0.15) is 0 Å². The summed E-state index contributed by atoms with van der Waals surface area (Å²) in [6.45, 7) is 5.62. The van der Waals surface area contributed by atoms with Gasteiger partial charge in [0, 0.05) is 24.8 Å². The SMILES string of the molecule is COc1ccccc1N(C)S(=O)(=O)c1ccc(C)c(C(=O)n2ccccc2=NC(C)C)c1. The van der Waals surface area contributed by atoms with Gasteiger partial charge in [-0.25, -0.2) is 8.42 Å². The number of pyridine rings is 1. The molecule has 0 radical (unpaired) electrons. The van der Waals surface area contributed by atoms with E-state index in [1.807, 2.05) is 13.8 Å². The lowest BCUT2D eigenvalue weighted by Crippen LogP contribution is -2.30. The Balaban J connectivity index is 2.09. The smallest absolute Gasteiger partial charge is 0.264 e. The minimum atomic E-state index is -3.94. The molecular formula is C24H27N3O4S. The number of aryl methyl sites for hydroxylation is 1. The average Bonchev–Trinajstić information content (AvgIpc) is 2.78. The van der Waals surface area contributed by atoms with E-state index in [0.717, 1.165) is 4.31 Å².